The van der Waals surface area contributed by atoms with Crippen LogP contribution in [-0.4, -0.2) is 37.1 Å². The van der Waals surface area contributed by atoms with E-state index < -0.39 is 17.5 Å². The molecule has 1 atom stereocenters. The van der Waals surface area contributed by atoms with Gasteiger partial charge in [0.1, 0.15) is 11.1 Å². The number of nitrogens with zero attached hydrogens (tertiary/aromatic N) is 2. The highest BCUT2D eigenvalue weighted by Gasteiger charge is 2.56. The van der Waals surface area contributed by atoms with Crippen molar-refractivity contribution in [2.24, 2.45) is 4.99 Å². The second-order valence-electron chi connectivity index (χ2n) is 6.88. The molecule has 30 heavy (non-hydrogen) atoms. The summed E-state index contributed by atoms with van der Waals surface area (Å²) in [6, 6.07) is 17.1. The van der Waals surface area contributed by atoms with E-state index in [0.717, 1.165) is 5.56 Å². The number of rotatable bonds is 4. The largest absolute Gasteiger partial charge is 0.465 e. The van der Waals surface area contributed by atoms with Crippen LogP contribution in [0.5, 0.6) is 0 Å². The summed E-state index contributed by atoms with van der Waals surface area (Å²) in [5.74, 6) is -1.23. The summed E-state index contributed by atoms with van der Waals surface area (Å²) >= 11 is 0. The molecule has 1 unspecified atom stereocenters. The van der Waals surface area contributed by atoms with Crippen molar-refractivity contribution in [1.82, 2.24) is 5.06 Å². The predicted molar refractivity (Wildman–Crippen MR) is 110 cm³/mol. The van der Waals surface area contributed by atoms with Gasteiger partial charge in [-0.1, -0.05) is 54.6 Å². The van der Waals surface area contributed by atoms with E-state index >= 15 is 0 Å². The van der Waals surface area contributed by atoms with Crippen LogP contribution in [0.1, 0.15) is 18.1 Å². The zero-order chi connectivity index (χ0) is 21.3. The number of ether oxygens (including phenoxy) is 2. The molecule has 152 valence electrons. The number of para-hydroxylation sites is 1. The molecule has 2 aliphatic heterocycles. The Kier molecular flexibility index (Phi) is 4.87. The van der Waals surface area contributed by atoms with Crippen molar-refractivity contribution in [1.29, 1.82) is 0 Å². The lowest BCUT2D eigenvalue weighted by atomic mass is 9.81. The Balaban J connectivity index is 1.89. The van der Waals surface area contributed by atoms with Gasteiger partial charge < -0.3 is 14.3 Å². The SMILES string of the molecule is COC(=O)C1=C(C(=O)OC)C2(C)c3ccccc3N=C(/C=C/c3ccccc3)N2O1. The molecular weight excluding hydrogens is 384 g/mol. The predicted octanol–water partition coefficient (Wildman–Crippen LogP) is 3.51. The van der Waals surface area contributed by atoms with Crippen molar-refractivity contribution in [3.05, 3.63) is 83.1 Å². The molecule has 0 radical (unpaired) electrons. The van der Waals surface area contributed by atoms with Gasteiger partial charge in [0.15, 0.2) is 5.84 Å². The third-order valence-electron chi connectivity index (χ3n) is 5.16. The molecule has 0 saturated heterocycles. The molecule has 0 N–H and O–H groups in total. The highest BCUT2D eigenvalue weighted by atomic mass is 16.7. The zero-order valence-corrected chi connectivity index (χ0v) is 16.8. The Morgan fingerprint density at radius 3 is 2.33 bits per heavy atom. The monoisotopic (exact) mass is 404 g/mol. The van der Waals surface area contributed by atoms with Gasteiger partial charge in [-0.15, -0.1) is 0 Å². The quantitative estimate of drug-likeness (QED) is 0.726. The molecular formula is C23H20N2O5. The van der Waals surface area contributed by atoms with Gasteiger partial charge in [-0.3, -0.25) is 0 Å². The fraction of sp³-hybridized carbons (Fsp3) is 0.174. The first kappa shape index (κ1) is 19.4. The lowest BCUT2D eigenvalue weighted by Crippen LogP contribution is -2.47. The maximum Gasteiger partial charge on any atom is 0.377 e. The molecule has 2 aromatic carbocycles. The number of amidine groups is 1. The van der Waals surface area contributed by atoms with Crippen molar-refractivity contribution in [2.45, 2.75) is 12.5 Å². The van der Waals surface area contributed by atoms with Gasteiger partial charge in [-0.05, 0) is 24.6 Å². The van der Waals surface area contributed by atoms with Crippen molar-refractivity contribution in [2.75, 3.05) is 14.2 Å². The van der Waals surface area contributed by atoms with E-state index in [0.29, 0.717) is 17.1 Å². The van der Waals surface area contributed by atoms with Gasteiger partial charge in [0, 0.05) is 5.56 Å². The highest BCUT2D eigenvalue weighted by Crippen LogP contribution is 2.50. The van der Waals surface area contributed by atoms with E-state index in [-0.39, 0.29) is 11.3 Å². The van der Waals surface area contributed by atoms with E-state index in [4.69, 9.17) is 14.3 Å². The number of methoxy groups -OCH3 is 2. The van der Waals surface area contributed by atoms with Crippen LogP contribution >= 0.6 is 0 Å². The molecule has 0 bridgehead atoms. The molecule has 0 aromatic heterocycles. The Bertz CT molecular complexity index is 1100. The fourth-order valence-electron chi connectivity index (χ4n) is 3.69. The number of hydrogen-bond donors (Lipinski definition) is 0. The Morgan fingerprint density at radius 2 is 1.63 bits per heavy atom. The van der Waals surface area contributed by atoms with E-state index in [1.165, 1.54) is 19.3 Å². The van der Waals surface area contributed by atoms with Crippen LogP contribution in [0, 0.1) is 0 Å². The van der Waals surface area contributed by atoms with Gasteiger partial charge in [0.05, 0.1) is 19.9 Å². The summed E-state index contributed by atoms with van der Waals surface area (Å²) in [7, 11) is 2.49. The number of carbonyl (C=O) groups is 2. The molecule has 7 heteroatoms. The minimum atomic E-state index is -1.13. The molecule has 0 fully saturated rings. The number of carbonyl (C=O) groups excluding carboxylic acids is 2. The van der Waals surface area contributed by atoms with E-state index in [9.17, 15) is 9.59 Å². The topological polar surface area (TPSA) is 77.4 Å². The smallest absolute Gasteiger partial charge is 0.377 e. The average molecular weight is 404 g/mol. The number of hydroxylamine groups is 2. The van der Waals surface area contributed by atoms with Crippen molar-refractivity contribution >= 4 is 29.5 Å². The Hall–Kier alpha value is -3.87. The Labute approximate surface area is 173 Å². The first-order valence-electron chi connectivity index (χ1n) is 9.31. The molecule has 2 aliphatic rings. The maximum absolute atomic E-state index is 12.7. The highest BCUT2D eigenvalue weighted by molar-refractivity contribution is 6.07. The van der Waals surface area contributed by atoms with Gasteiger partial charge >= 0.3 is 11.9 Å². The summed E-state index contributed by atoms with van der Waals surface area (Å²) in [6.45, 7) is 1.79. The minimum Gasteiger partial charge on any atom is -0.465 e. The molecule has 2 aromatic rings. The summed E-state index contributed by atoms with van der Waals surface area (Å²) in [6.07, 6.45) is 3.66. The normalized spacial score (nSPS) is 19.7. The van der Waals surface area contributed by atoms with E-state index in [1.54, 1.807) is 13.0 Å². The second-order valence-corrected chi connectivity index (χ2v) is 6.88. The zero-order valence-electron chi connectivity index (χ0n) is 16.8. The lowest BCUT2D eigenvalue weighted by molar-refractivity contribution is -0.149. The second kappa shape index (κ2) is 7.51. The van der Waals surface area contributed by atoms with Crippen molar-refractivity contribution < 1.29 is 23.9 Å². The van der Waals surface area contributed by atoms with Crippen LogP contribution in [0.25, 0.3) is 6.08 Å². The fourth-order valence-corrected chi connectivity index (χ4v) is 3.69. The average Bonchev–Trinajstić information content (AvgIpc) is 3.11. The van der Waals surface area contributed by atoms with Crippen LogP contribution in [0.3, 0.4) is 0 Å². The molecule has 2 heterocycles. The van der Waals surface area contributed by atoms with E-state index in [1.807, 2.05) is 60.7 Å². The number of aliphatic imine (C=N–C) groups is 1. The summed E-state index contributed by atoms with van der Waals surface area (Å²) in [4.78, 5) is 35.7. The van der Waals surface area contributed by atoms with Crippen LogP contribution in [0.4, 0.5) is 5.69 Å². The summed E-state index contributed by atoms with van der Waals surface area (Å²) < 4.78 is 9.83. The van der Waals surface area contributed by atoms with Crippen LogP contribution in [-0.2, 0) is 29.4 Å². The number of benzene rings is 2. The number of esters is 2. The van der Waals surface area contributed by atoms with Gasteiger partial charge in [-0.25, -0.2) is 14.6 Å². The van der Waals surface area contributed by atoms with Gasteiger partial charge in [0.2, 0.25) is 0 Å². The molecule has 0 amide bonds. The number of hydrogen-bond acceptors (Lipinski definition) is 7. The standard InChI is InChI=1S/C23H20N2O5/c1-23-16-11-7-8-12-17(16)24-18(14-13-15-9-5-4-6-10-15)25(23)30-20(22(27)29-3)19(23)21(26)28-2/h4-14H,1-3H3/b14-13+. The van der Waals surface area contributed by atoms with Crippen LogP contribution in [0.2, 0.25) is 0 Å². The minimum absolute atomic E-state index is 0.0600. The van der Waals surface area contributed by atoms with Crippen LogP contribution in [0.15, 0.2) is 77.0 Å². The molecule has 0 aliphatic carbocycles. The lowest BCUT2D eigenvalue weighted by Gasteiger charge is -2.39. The first-order chi connectivity index (χ1) is 14.5. The van der Waals surface area contributed by atoms with E-state index in [2.05, 4.69) is 4.99 Å². The molecule has 4 rings (SSSR count). The molecule has 0 saturated carbocycles. The summed E-state index contributed by atoms with van der Waals surface area (Å²) in [5, 5.41) is 1.45. The van der Waals surface area contributed by atoms with Crippen molar-refractivity contribution in [3.63, 3.8) is 0 Å². The van der Waals surface area contributed by atoms with Crippen molar-refractivity contribution in [3.8, 4) is 0 Å². The first-order valence-corrected chi connectivity index (χ1v) is 9.31. The van der Waals surface area contributed by atoms with Crippen LogP contribution < -0.4 is 0 Å². The number of fused-ring (bicyclic) bond motifs is 3. The van der Waals surface area contributed by atoms with Gasteiger partial charge in [0.25, 0.3) is 5.76 Å². The third-order valence-corrected chi connectivity index (χ3v) is 5.16. The Morgan fingerprint density at radius 1 is 0.967 bits per heavy atom. The summed E-state index contributed by atoms with van der Waals surface area (Å²) in [5.41, 5.74) is 1.27. The molecule has 7 nitrogen and oxygen atoms in total. The third kappa shape index (κ3) is 2.95. The molecule has 0 spiro atoms. The van der Waals surface area contributed by atoms with Gasteiger partial charge in [-0.2, -0.15) is 5.06 Å². The maximum atomic E-state index is 12.7.